The number of ether oxygens (including phenoxy) is 1. The van der Waals surface area contributed by atoms with Gasteiger partial charge in [0.25, 0.3) is 5.91 Å². The van der Waals surface area contributed by atoms with Crippen molar-refractivity contribution in [3.63, 3.8) is 0 Å². The molecule has 8 heteroatoms. The molecule has 0 atom stereocenters. The summed E-state index contributed by atoms with van der Waals surface area (Å²) >= 11 is 0. The van der Waals surface area contributed by atoms with Gasteiger partial charge >= 0.3 is 0 Å². The van der Waals surface area contributed by atoms with E-state index < -0.39 is 10.0 Å². The van der Waals surface area contributed by atoms with E-state index >= 15 is 0 Å². The number of benzene rings is 3. The summed E-state index contributed by atoms with van der Waals surface area (Å²) in [5.41, 5.74) is 2.89. The largest absolute Gasteiger partial charge is 0.379 e. The second-order valence-electron chi connectivity index (χ2n) is 7.88. The molecule has 0 radical (unpaired) electrons. The Morgan fingerprint density at radius 1 is 0.879 bits per heavy atom. The van der Waals surface area contributed by atoms with Gasteiger partial charge in [0.1, 0.15) is 0 Å². The first-order chi connectivity index (χ1) is 16.0. The molecule has 33 heavy (non-hydrogen) atoms. The van der Waals surface area contributed by atoms with Crippen molar-refractivity contribution < 1.29 is 17.9 Å². The molecule has 3 aromatic rings. The monoisotopic (exact) mass is 465 g/mol. The Bertz CT molecular complexity index is 1190. The third-order valence-corrected chi connectivity index (χ3v) is 6.81. The molecule has 172 valence electrons. The van der Waals surface area contributed by atoms with Crippen LogP contribution in [0, 0.1) is 0 Å². The fourth-order valence-electron chi connectivity index (χ4n) is 3.63. The molecule has 1 fully saturated rings. The Labute approximate surface area is 194 Å². The van der Waals surface area contributed by atoms with E-state index in [0.717, 1.165) is 44.0 Å². The lowest BCUT2D eigenvalue weighted by molar-refractivity contribution is 0.0342. The van der Waals surface area contributed by atoms with Crippen molar-refractivity contribution in [2.24, 2.45) is 0 Å². The van der Waals surface area contributed by atoms with Gasteiger partial charge in [0.15, 0.2) is 0 Å². The van der Waals surface area contributed by atoms with E-state index in [-0.39, 0.29) is 22.9 Å². The average molecular weight is 466 g/mol. The molecule has 1 heterocycles. The molecule has 1 saturated heterocycles. The van der Waals surface area contributed by atoms with Crippen molar-refractivity contribution in [3.8, 4) is 0 Å². The summed E-state index contributed by atoms with van der Waals surface area (Å²) in [7, 11) is -3.76. The van der Waals surface area contributed by atoms with Gasteiger partial charge in [0, 0.05) is 37.4 Å². The number of morpholine rings is 1. The molecular weight excluding hydrogens is 438 g/mol. The first kappa shape index (κ1) is 23.1. The highest BCUT2D eigenvalue weighted by atomic mass is 32.2. The first-order valence-corrected chi connectivity index (χ1v) is 12.3. The van der Waals surface area contributed by atoms with Crippen molar-refractivity contribution in [3.05, 3.63) is 95.6 Å². The SMILES string of the molecule is O=C(Nc1cccc(CN2CCOCC2)c1)c1cccc(S(=O)(=O)NCc2ccccc2)c1. The number of hydrogen-bond donors (Lipinski definition) is 2. The van der Waals surface area contributed by atoms with Crippen LogP contribution in [0.2, 0.25) is 0 Å². The standard InChI is InChI=1S/C25H27N3O4S/c29-25(27-23-10-4-8-21(16-23)19-28-12-14-32-15-13-28)22-9-5-11-24(17-22)33(30,31)26-18-20-6-2-1-3-7-20/h1-11,16-17,26H,12-15,18-19H2,(H,27,29). The van der Waals surface area contributed by atoms with Crippen LogP contribution < -0.4 is 10.0 Å². The summed E-state index contributed by atoms with van der Waals surface area (Å²) in [5.74, 6) is -0.362. The van der Waals surface area contributed by atoms with Crippen molar-refractivity contribution in [2.75, 3.05) is 31.6 Å². The van der Waals surface area contributed by atoms with Gasteiger partial charge in [-0.25, -0.2) is 13.1 Å². The normalized spacial score (nSPS) is 14.7. The summed E-state index contributed by atoms with van der Waals surface area (Å²) in [6.45, 7) is 4.20. The van der Waals surface area contributed by atoms with E-state index in [1.165, 1.54) is 12.1 Å². The molecule has 0 saturated carbocycles. The number of rotatable bonds is 8. The molecule has 0 bridgehead atoms. The Morgan fingerprint density at radius 2 is 1.61 bits per heavy atom. The Hall–Kier alpha value is -3.04. The molecule has 2 N–H and O–H groups in total. The Kier molecular flexibility index (Phi) is 7.51. The zero-order chi connectivity index (χ0) is 23.1. The summed E-state index contributed by atoms with van der Waals surface area (Å²) in [4.78, 5) is 15.2. The van der Waals surface area contributed by atoms with Crippen molar-refractivity contribution >= 4 is 21.6 Å². The molecule has 0 unspecified atom stereocenters. The summed E-state index contributed by atoms with van der Waals surface area (Å²) in [6.07, 6.45) is 0. The van der Waals surface area contributed by atoms with Crippen molar-refractivity contribution in [1.82, 2.24) is 9.62 Å². The minimum absolute atomic E-state index is 0.0483. The third kappa shape index (κ3) is 6.49. The highest BCUT2D eigenvalue weighted by Crippen LogP contribution is 2.17. The van der Waals surface area contributed by atoms with Crippen LogP contribution in [0.5, 0.6) is 0 Å². The number of nitrogens with zero attached hydrogens (tertiary/aromatic N) is 1. The number of hydrogen-bond acceptors (Lipinski definition) is 5. The van der Waals surface area contributed by atoms with Gasteiger partial charge in [0.2, 0.25) is 10.0 Å². The molecule has 0 aromatic heterocycles. The Morgan fingerprint density at radius 3 is 2.39 bits per heavy atom. The predicted molar refractivity (Wildman–Crippen MR) is 127 cm³/mol. The zero-order valence-electron chi connectivity index (χ0n) is 18.2. The topological polar surface area (TPSA) is 87.7 Å². The fraction of sp³-hybridized carbons (Fsp3) is 0.240. The second kappa shape index (κ2) is 10.7. The van der Waals surface area contributed by atoms with E-state index in [0.29, 0.717) is 5.69 Å². The van der Waals surface area contributed by atoms with Gasteiger partial charge < -0.3 is 10.1 Å². The van der Waals surface area contributed by atoms with Gasteiger partial charge in [-0.1, -0.05) is 48.5 Å². The van der Waals surface area contributed by atoms with Gasteiger partial charge in [-0.2, -0.15) is 0 Å². The molecule has 7 nitrogen and oxygen atoms in total. The molecule has 4 rings (SSSR count). The number of nitrogens with one attached hydrogen (secondary N) is 2. The number of carbonyl (C=O) groups is 1. The minimum atomic E-state index is -3.76. The van der Waals surface area contributed by atoms with Crippen LogP contribution >= 0.6 is 0 Å². The summed E-state index contributed by atoms with van der Waals surface area (Å²) < 4.78 is 33.4. The first-order valence-electron chi connectivity index (χ1n) is 10.8. The van der Waals surface area contributed by atoms with Gasteiger partial charge in [-0.3, -0.25) is 9.69 Å². The van der Waals surface area contributed by atoms with E-state index in [1.54, 1.807) is 12.1 Å². The van der Waals surface area contributed by atoms with E-state index in [4.69, 9.17) is 4.74 Å². The molecule has 1 aliphatic heterocycles. The van der Waals surface area contributed by atoms with E-state index in [9.17, 15) is 13.2 Å². The molecule has 1 amide bonds. The molecule has 1 aliphatic rings. The Balaban J connectivity index is 1.41. The maximum Gasteiger partial charge on any atom is 0.255 e. The van der Waals surface area contributed by atoms with Crippen LogP contribution in [-0.4, -0.2) is 45.5 Å². The van der Waals surface area contributed by atoms with Crippen LogP contribution in [0.1, 0.15) is 21.5 Å². The predicted octanol–water partition coefficient (Wildman–Crippen LogP) is 3.25. The van der Waals surface area contributed by atoms with Gasteiger partial charge in [-0.05, 0) is 41.5 Å². The second-order valence-corrected chi connectivity index (χ2v) is 9.65. The fourth-order valence-corrected chi connectivity index (χ4v) is 4.69. The van der Waals surface area contributed by atoms with Crippen molar-refractivity contribution in [2.45, 2.75) is 18.0 Å². The number of amides is 1. The third-order valence-electron chi connectivity index (χ3n) is 5.41. The van der Waals surface area contributed by atoms with Crippen LogP contribution in [0.25, 0.3) is 0 Å². The van der Waals surface area contributed by atoms with Crippen LogP contribution in [0.4, 0.5) is 5.69 Å². The molecule has 0 aliphatic carbocycles. The smallest absolute Gasteiger partial charge is 0.255 e. The maximum absolute atomic E-state index is 12.8. The van der Waals surface area contributed by atoms with Crippen LogP contribution in [0.15, 0.2) is 83.8 Å². The van der Waals surface area contributed by atoms with Gasteiger partial charge in [-0.15, -0.1) is 0 Å². The number of sulfonamides is 1. The highest BCUT2D eigenvalue weighted by Gasteiger charge is 2.17. The lowest BCUT2D eigenvalue weighted by Gasteiger charge is -2.26. The maximum atomic E-state index is 12.8. The molecule has 3 aromatic carbocycles. The van der Waals surface area contributed by atoms with E-state index in [2.05, 4.69) is 14.9 Å². The zero-order valence-corrected chi connectivity index (χ0v) is 19.1. The van der Waals surface area contributed by atoms with Crippen LogP contribution in [0.3, 0.4) is 0 Å². The molecule has 0 spiro atoms. The number of anilines is 1. The van der Waals surface area contributed by atoms with Gasteiger partial charge in [0.05, 0.1) is 18.1 Å². The average Bonchev–Trinajstić information content (AvgIpc) is 2.84. The highest BCUT2D eigenvalue weighted by molar-refractivity contribution is 7.89. The number of carbonyl (C=O) groups excluding carboxylic acids is 1. The van der Waals surface area contributed by atoms with Crippen molar-refractivity contribution in [1.29, 1.82) is 0 Å². The quantitative estimate of drug-likeness (QED) is 0.533. The lowest BCUT2D eigenvalue weighted by Crippen LogP contribution is -2.35. The molecular formula is C25H27N3O4S. The van der Waals surface area contributed by atoms with E-state index in [1.807, 2.05) is 54.6 Å². The summed E-state index contributed by atoms with van der Waals surface area (Å²) in [6, 6.07) is 23.0. The van der Waals surface area contributed by atoms with Crippen LogP contribution in [-0.2, 0) is 27.8 Å². The summed E-state index contributed by atoms with van der Waals surface area (Å²) in [5, 5.41) is 2.87. The lowest BCUT2D eigenvalue weighted by atomic mass is 10.1. The minimum Gasteiger partial charge on any atom is -0.379 e.